The maximum absolute atomic E-state index is 11.5. The Morgan fingerprint density at radius 1 is 1.38 bits per heavy atom. The van der Waals surface area contributed by atoms with Crippen molar-refractivity contribution in [2.75, 3.05) is 26.7 Å². The minimum atomic E-state index is -0.756. The number of hydrogen-bond donors (Lipinski definition) is 2. The van der Waals surface area contributed by atoms with Crippen LogP contribution in [0.1, 0.15) is 51.9 Å². The van der Waals surface area contributed by atoms with Crippen LogP contribution in [-0.2, 0) is 9.53 Å². The molecule has 2 fully saturated rings. The van der Waals surface area contributed by atoms with Gasteiger partial charge in [0.15, 0.2) is 0 Å². The average molecular weight is 298 g/mol. The molecule has 0 aromatic carbocycles. The van der Waals surface area contributed by atoms with Crippen molar-refractivity contribution >= 4 is 5.97 Å². The summed E-state index contributed by atoms with van der Waals surface area (Å²) in [6, 6.07) is 0.424. The first-order valence-corrected chi connectivity index (χ1v) is 8.31. The number of unbranched alkanes of at least 4 members (excludes halogenated alkanes) is 1. The SMILES string of the molecule is CN(CCCCC(C)(NC1CC1)C(=O)O)CC1CCCO1. The van der Waals surface area contributed by atoms with Crippen LogP contribution in [0.15, 0.2) is 0 Å². The topological polar surface area (TPSA) is 61.8 Å². The largest absolute Gasteiger partial charge is 0.480 e. The third-order valence-corrected chi connectivity index (χ3v) is 4.58. The van der Waals surface area contributed by atoms with Crippen molar-refractivity contribution in [2.45, 2.75) is 69.6 Å². The Morgan fingerprint density at radius 2 is 2.14 bits per heavy atom. The molecule has 2 unspecified atom stereocenters. The van der Waals surface area contributed by atoms with Gasteiger partial charge in [0.25, 0.3) is 0 Å². The molecule has 2 N–H and O–H groups in total. The second kappa shape index (κ2) is 7.56. The number of carbonyl (C=O) groups is 1. The number of aliphatic carboxylic acids is 1. The molecule has 1 aliphatic heterocycles. The molecule has 5 heteroatoms. The standard InChI is InChI=1S/C16H30N2O3/c1-16(15(19)20,17-13-7-8-13)9-3-4-10-18(2)12-14-6-5-11-21-14/h13-14,17H,3-12H2,1-2H3,(H,19,20). The lowest BCUT2D eigenvalue weighted by molar-refractivity contribution is -0.144. The predicted molar refractivity (Wildman–Crippen MR) is 82.5 cm³/mol. The van der Waals surface area contributed by atoms with Crippen LogP contribution in [0, 0.1) is 0 Å². The molecule has 122 valence electrons. The highest BCUT2D eigenvalue weighted by atomic mass is 16.5. The molecular formula is C16H30N2O3. The lowest BCUT2D eigenvalue weighted by Gasteiger charge is -2.27. The fourth-order valence-corrected chi connectivity index (χ4v) is 3.01. The van der Waals surface area contributed by atoms with E-state index < -0.39 is 11.5 Å². The third kappa shape index (κ3) is 5.57. The van der Waals surface area contributed by atoms with Crippen LogP contribution in [-0.4, -0.2) is 60.4 Å². The Bertz CT molecular complexity index is 340. The molecule has 0 bridgehead atoms. The van der Waals surface area contributed by atoms with Crippen molar-refractivity contribution in [1.29, 1.82) is 0 Å². The van der Waals surface area contributed by atoms with Gasteiger partial charge in [-0.15, -0.1) is 0 Å². The van der Waals surface area contributed by atoms with Gasteiger partial charge in [0.2, 0.25) is 0 Å². The molecule has 1 saturated carbocycles. The summed E-state index contributed by atoms with van der Waals surface area (Å²) in [4.78, 5) is 13.8. The summed E-state index contributed by atoms with van der Waals surface area (Å²) in [5.41, 5.74) is -0.756. The number of rotatable bonds is 10. The molecule has 1 heterocycles. The summed E-state index contributed by atoms with van der Waals surface area (Å²) in [7, 11) is 2.13. The van der Waals surface area contributed by atoms with Crippen molar-refractivity contribution in [1.82, 2.24) is 10.2 Å². The van der Waals surface area contributed by atoms with Crippen LogP contribution in [0.4, 0.5) is 0 Å². The molecule has 21 heavy (non-hydrogen) atoms. The zero-order valence-corrected chi connectivity index (χ0v) is 13.4. The first kappa shape index (κ1) is 16.7. The summed E-state index contributed by atoms with van der Waals surface area (Å²) in [5, 5.41) is 12.7. The van der Waals surface area contributed by atoms with Gasteiger partial charge < -0.3 is 14.7 Å². The Morgan fingerprint density at radius 3 is 2.71 bits per heavy atom. The number of nitrogens with one attached hydrogen (secondary N) is 1. The van der Waals surface area contributed by atoms with Gasteiger partial charge in [0.05, 0.1) is 6.10 Å². The molecular weight excluding hydrogens is 268 g/mol. The Balaban J connectivity index is 1.61. The van der Waals surface area contributed by atoms with Crippen molar-refractivity contribution in [2.24, 2.45) is 0 Å². The molecule has 0 amide bonds. The van der Waals surface area contributed by atoms with E-state index in [0.717, 1.165) is 45.4 Å². The fraction of sp³-hybridized carbons (Fsp3) is 0.938. The van der Waals surface area contributed by atoms with E-state index >= 15 is 0 Å². The van der Waals surface area contributed by atoms with Crippen LogP contribution in [0.5, 0.6) is 0 Å². The van der Waals surface area contributed by atoms with Gasteiger partial charge in [-0.2, -0.15) is 0 Å². The number of carboxylic acid groups (broad SMARTS) is 1. The Labute approximate surface area is 128 Å². The Kier molecular flexibility index (Phi) is 6.02. The van der Waals surface area contributed by atoms with Crippen molar-refractivity contribution in [3.8, 4) is 0 Å². The van der Waals surface area contributed by atoms with Gasteiger partial charge in [-0.1, -0.05) is 0 Å². The maximum atomic E-state index is 11.5. The normalized spacial score (nSPS) is 25.2. The second-order valence-corrected chi connectivity index (χ2v) is 6.91. The van der Waals surface area contributed by atoms with Gasteiger partial charge in [-0.3, -0.25) is 10.1 Å². The zero-order chi connectivity index (χ0) is 15.3. The first-order chi connectivity index (χ1) is 9.99. The fourth-order valence-electron chi connectivity index (χ4n) is 3.01. The molecule has 1 aliphatic carbocycles. The molecule has 0 spiro atoms. The quantitative estimate of drug-likeness (QED) is 0.603. The zero-order valence-electron chi connectivity index (χ0n) is 13.4. The van der Waals surface area contributed by atoms with Gasteiger partial charge in [0.1, 0.15) is 5.54 Å². The summed E-state index contributed by atoms with van der Waals surface area (Å²) in [6.45, 7) is 4.74. The molecule has 2 rings (SSSR count). The monoisotopic (exact) mass is 298 g/mol. The van der Waals surface area contributed by atoms with Crippen molar-refractivity contribution in [3.05, 3.63) is 0 Å². The molecule has 2 aliphatic rings. The van der Waals surface area contributed by atoms with Crippen LogP contribution in [0.25, 0.3) is 0 Å². The third-order valence-electron chi connectivity index (χ3n) is 4.58. The summed E-state index contributed by atoms with van der Waals surface area (Å²) in [5.74, 6) is -0.720. The van der Waals surface area contributed by atoms with Gasteiger partial charge in [-0.05, 0) is 65.5 Å². The number of nitrogens with zero attached hydrogens (tertiary/aromatic N) is 1. The lowest BCUT2D eigenvalue weighted by Crippen LogP contribution is -2.50. The number of carboxylic acids is 1. The molecule has 0 aromatic rings. The first-order valence-electron chi connectivity index (χ1n) is 8.31. The number of likely N-dealkylation sites (N-methyl/N-ethyl adjacent to an activating group) is 1. The lowest BCUT2D eigenvalue weighted by atomic mass is 9.94. The second-order valence-electron chi connectivity index (χ2n) is 6.91. The molecule has 0 aromatic heterocycles. The molecule has 1 saturated heterocycles. The minimum absolute atomic E-state index is 0.399. The van der Waals surface area contributed by atoms with Crippen LogP contribution in [0.2, 0.25) is 0 Å². The molecule has 5 nitrogen and oxygen atoms in total. The summed E-state index contributed by atoms with van der Waals surface area (Å²) >= 11 is 0. The predicted octanol–water partition coefficient (Wildman–Crippen LogP) is 1.86. The molecule has 2 atom stereocenters. The average Bonchev–Trinajstić information content (AvgIpc) is 3.08. The summed E-state index contributed by atoms with van der Waals surface area (Å²) in [6.07, 6.45) is 7.68. The highest BCUT2D eigenvalue weighted by molar-refractivity contribution is 5.78. The number of hydrogen-bond acceptors (Lipinski definition) is 4. The van der Waals surface area contributed by atoms with E-state index in [-0.39, 0.29) is 0 Å². The minimum Gasteiger partial charge on any atom is -0.480 e. The van der Waals surface area contributed by atoms with Crippen molar-refractivity contribution < 1.29 is 14.6 Å². The molecule has 0 radical (unpaired) electrons. The summed E-state index contributed by atoms with van der Waals surface area (Å²) < 4.78 is 5.64. The van der Waals surface area contributed by atoms with Gasteiger partial charge >= 0.3 is 5.97 Å². The van der Waals surface area contributed by atoms with Gasteiger partial charge in [-0.25, -0.2) is 0 Å². The van der Waals surface area contributed by atoms with E-state index in [1.54, 1.807) is 0 Å². The highest BCUT2D eigenvalue weighted by Crippen LogP contribution is 2.25. The van der Waals surface area contributed by atoms with E-state index in [2.05, 4.69) is 17.3 Å². The maximum Gasteiger partial charge on any atom is 0.323 e. The van der Waals surface area contributed by atoms with E-state index in [4.69, 9.17) is 4.74 Å². The smallest absolute Gasteiger partial charge is 0.323 e. The Hall–Kier alpha value is -0.650. The van der Waals surface area contributed by atoms with E-state index in [0.29, 0.717) is 18.6 Å². The highest BCUT2D eigenvalue weighted by Gasteiger charge is 2.37. The number of ether oxygens (including phenoxy) is 1. The van der Waals surface area contributed by atoms with Gasteiger partial charge in [0, 0.05) is 19.2 Å². The van der Waals surface area contributed by atoms with E-state index in [9.17, 15) is 9.90 Å². The van der Waals surface area contributed by atoms with Crippen LogP contribution < -0.4 is 5.32 Å². The van der Waals surface area contributed by atoms with E-state index in [1.807, 2.05) is 6.92 Å². The van der Waals surface area contributed by atoms with Crippen molar-refractivity contribution in [3.63, 3.8) is 0 Å². The van der Waals surface area contributed by atoms with Crippen LogP contribution >= 0.6 is 0 Å². The van der Waals surface area contributed by atoms with E-state index in [1.165, 1.54) is 12.8 Å². The van der Waals surface area contributed by atoms with Crippen LogP contribution in [0.3, 0.4) is 0 Å².